The summed E-state index contributed by atoms with van der Waals surface area (Å²) in [5, 5.41) is 7.11. The lowest BCUT2D eigenvalue weighted by atomic mass is 10.1. The van der Waals surface area contributed by atoms with Gasteiger partial charge in [-0.05, 0) is 19.4 Å². The molecular weight excluding hydrogens is 268 g/mol. The first kappa shape index (κ1) is 13.8. The molecule has 1 saturated heterocycles. The molecule has 2 aromatic heterocycles. The Morgan fingerprint density at radius 1 is 1.48 bits per heavy atom. The second-order valence-corrected chi connectivity index (χ2v) is 5.60. The van der Waals surface area contributed by atoms with Crippen LogP contribution in [0.3, 0.4) is 0 Å². The standard InChI is InChI=1S/C14H20N6O/c1-19(2)14(21)11-7-17-18-13(11)12-4-3-5-20(12)8-10-6-15-9-16-10/h6-7,9,12H,3-5,8H2,1-2H3,(H,15,16)(H,17,18). The third kappa shape index (κ3) is 2.69. The lowest BCUT2D eigenvalue weighted by Crippen LogP contribution is -2.27. The SMILES string of the molecule is CN(C)C(=O)c1cn[nH]c1C1CCCN1Cc1cnc[nH]1. The van der Waals surface area contributed by atoms with E-state index >= 15 is 0 Å². The minimum Gasteiger partial charge on any atom is -0.347 e. The van der Waals surface area contributed by atoms with Crippen LogP contribution in [0, 0.1) is 0 Å². The highest BCUT2D eigenvalue weighted by molar-refractivity contribution is 5.94. The maximum atomic E-state index is 12.2. The molecule has 3 heterocycles. The maximum Gasteiger partial charge on any atom is 0.256 e. The summed E-state index contributed by atoms with van der Waals surface area (Å²) in [6.07, 6.45) is 7.31. The van der Waals surface area contributed by atoms with E-state index in [1.165, 1.54) is 0 Å². The van der Waals surface area contributed by atoms with Gasteiger partial charge in [-0.3, -0.25) is 14.8 Å². The molecule has 1 unspecified atom stereocenters. The number of aromatic amines is 2. The molecule has 0 aromatic carbocycles. The second kappa shape index (κ2) is 5.69. The van der Waals surface area contributed by atoms with Crippen molar-refractivity contribution in [1.29, 1.82) is 0 Å². The number of likely N-dealkylation sites (tertiary alicyclic amines) is 1. The van der Waals surface area contributed by atoms with Crippen molar-refractivity contribution in [3.63, 3.8) is 0 Å². The molecule has 1 atom stereocenters. The lowest BCUT2D eigenvalue weighted by molar-refractivity contribution is 0.0824. The zero-order chi connectivity index (χ0) is 14.8. The monoisotopic (exact) mass is 288 g/mol. The van der Waals surface area contributed by atoms with Gasteiger partial charge in [0, 0.05) is 32.5 Å². The molecule has 0 saturated carbocycles. The molecule has 2 aromatic rings. The minimum atomic E-state index is -0.00728. The number of nitrogens with one attached hydrogen (secondary N) is 2. The predicted molar refractivity (Wildman–Crippen MR) is 77.6 cm³/mol. The van der Waals surface area contributed by atoms with Gasteiger partial charge in [-0.25, -0.2) is 4.98 Å². The Morgan fingerprint density at radius 3 is 3.05 bits per heavy atom. The number of hydrogen-bond acceptors (Lipinski definition) is 4. The number of nitrogens with zero attached hydrogens (tertiary/aromatic N) is 4. The van der Waals surface area contributed by atoms with Gasteiger partial charge in [-0.2, -0.15) is 5.10 Å². The quantitative estimate of drug-likeness (QED) is 0.885. The van der Waals surface area contributed by atoms with Crippen LogP contribution >= 0.6 is 0 Å². The first-order valence-corrected chi connectivity index (χ1v) is 7.13. The Balaban J connectivity index is 1.82. The smallest absolute Gasteiger partial charge is 0.256 e. The van der Waals surface area contributed by atoms with Crippen LogP contribution in [0.1, 0.15) is 40.6 Å². The molecule has 1 aliphatic heterocycles. The van der Waals surface area contributed by atoms with Crippen LogP contribution < -0.4 is 0 Å². The van der Waals surface area contributed by atoms with Gasteiger partial charge >= 0.3 is 0 Å². The molecule has 2 N–H and O–H groups in total. The summed E-state index contributed by atoms with van der Waals surface area (Å²) in [6, 6.07) is 0.203. The van der Waals surface area contributed by atoms with E-state index in [0.29, 0.717) is 5.56 Å². The van der Waals surface area contributed by atoms with Crippen molar-refractivity contribution in [2.75, 3.05) is 20.6 Å². The van der Waals surface area contributed by atoms with Gasteiger partial charge < -0.3 is 9.88 Å². The van der Waals surface area contributed by atoms with Crippen molar-refractivity contribution in [2.45, 2.75) is 25.4 Å². The molecule has 21 heavy (non-hydrogen) atoms. The molecule has 1 fully saturated rings. The van der Waals surface area contributed by atoms with Crippen LogP contribution in [-0.2, 0) is 6.54 Å². The van der Waals surface area contributed by atoms with Crippen molar-refractivity contribution in [1.82, 2.24) is 30.0 Å². The van der Waals surface area contributed by atoms with Gasteiger partial charge in [0.1, 0.15) is 0 Å². The van der Waals surface area contributed by atoms with E-state index in [4.69, 9.17) is 0 Å². The van der Waals surface area contributed by atoms with Gasteiger partial charge in [-0.1, -0.05) is 0 Å². The van der Waals surface area contributed by atoms with E-state index in [-0.39, 0.29) is 11.9 Å². The number of imidazole rings is 1. The lowest BCUT2D eigenvalue weighted by Gasteiger charge is -2.24. The molecule has 0 bridgehead atoms. The topological polar surface area (TPSA) is 80.9 Å². The average Bonchev–Trinajstić information content (AvgIpc) is 3.18. The minimum absolute atomic E-state index is 0.00728. The van der Waals surface area contributed by atoms with E-state index in [1.807, 2.05) is 6.20 Å². The average molecular weight is 288 g/mol. The molecule has 112 valence electrons. The number of H-pyrrole nitrogens is 2. The molecule has 0 spiro atoms. The Labute approximate surface area is 123 Å². The molecule has 7 heteroatoms. The zero-order valence-corrected chi connectivity index (χ0v) is 12.3. The number of hydrogen-bond donors (Lipinski definition) is 2. The van der Waals surface area contributed by atoms with Gasteiger partial charge in [0.05, 0.1) is 29.8 Å². The molecular formula is C14H20N6O. The highest BCUT2D eigenvalue weighted by Gasteiger charge is 2.31. The number of rotatable bonds is 4. The van der Waals surface area contributed by atoms with Crippen LogP contribution in [0.25, 0.3) is 0 Å². The normalized spacial score (nSPS) is 19.0. The van der Waals surface area contributed by atoms with Crippen LogP contribution in [-0.4, -0.2) is 56.5 Å². The fourth-order valence-corrected chi connectivity index (χ4v) is 2.89. The predicted octanol–water partition coefficient (Wildman–Crippen LogP) is 1.17. The van der Waals surface area contributed by atoms with E-state index in [0.717, 1.165) is 37.3 Å². The summed E-state index contributed by atoms with van der Waals surface area (Å²) in [6.45, 7) is 1.82. The zero-order valence-electron chi connectivity index (χ0n) is 12.3. The molecule has 7 nitrogen and oxygen atoms in total. The van der Waals surface area contributed by atoms with Crippen molar-refractivity contribution < 1.29 is 4.79 Å². The third-order valence-electron chi connectivity index (χ3n) is 3.93. The number of amides is 1. The van der Waals surface area contributed by atoms with Gasteiger partial charge in [-0.15, -0.1) is 0 Å². The highest BCUT2D eigenvalue weighted by atomic mass is 16.2. The van der Waals surface area contributed by atoms with E-state index in [1.54, 1.807) is 31.5 Å². The fourth-order valence-electron chi connectivity index (χ4n) is 2.89. The van der Waals surface area contributed by atoms with Crippen molar-refractivity contribution in [3.8, 4) is 0 Å². The summed E-state index contributed by atoms with van der Waals surface area (Å²) < 4.78 is 0. The third-order valence-corrected chi connectivity index (χ3v) is 3.93. The van der Waals surface area contributed by atoms with Crippen LogP contribution in [0.2, 0.25) is 0 Å². The largest absolute Gasteiger partial charge is 0.347 e. The maximum absolute atomic E-state index is 12.2. The van der Waals surface area contributed by atoms with Crippen LogP contribution in [0.4, 0.5) is 0 Å². The van der Waals surface area contributed by atoms with Crippen molar-refractivity contribution in [2.24, 2.45) is 0 Å². The van der Waals surface area contributed by atoms with Gasteiger partial charge in [0.2, 0.25) is 0 Å². The second-order valence-electron chi connectivity index (χ2n) is 5.60. The fraction of sp³-hybridized carbons (Fsp3) is 0.500. The molecule has 0 aliphatic carbocycles. The Kier molecular flexibility index (Phi) is 3.74. The van der Waals surface area contributed by atoms with Crippen molar-refractivity contribution >= 4 is 5.91 Å². The first-order valence-electron chi connectivity index (χ1n) is 7.13. The summed E-state index contributed by atoms with van der Waals surface area (Å²) in [5.41, 5.74) is 2.68. The van der Waals surface area contributed by atoms with E-state index < -0.39 is 0 Å². The van der Waals surface area contributed by atoms with Gasteiger partial charge in [0.15, 0.2) is 0 Å². The van der Waals surface area contributed by atoms with Crippen molar-refractivity contribution in [3.05, 3.63) is 35.7 Å². The molecule has 1 amide bonds. The van der Waals surface area contributed by atoms with E-state index in [2.05, 4.69) is 25.1 Å². The van der Waals surface area contributed by atoms with Crippen LogP contribution in [0.15, 0.2) is 18.7 Å². The Morgan fingerprint density at radius 2 is 2.33 bits per heavy atom. The van der Waals surface area contributed by atoms with Gasteiger partial charge in [0.25, 0.3) is 5.91 Å². The molecule has 0 radical (unpaired) electrons. The number of carbonyl (C=O) groups is 1. The summed E-state index contributed by atoms with van der Waals surface area (Å²) in [4.78, 5) is 23.4. The Bertz CT molecular complexity index is 603. The first-order chi connectivity index (χ1) is 10.2. The Hall–Kier alpha value is -2.15. The van der Waals surface area contributed by atoms with E-state index in [9.17, 15) is 4.79 Å². The van der Waals surface area contributed by atoms with Crippen LogP contribution in [0.5, 0.6) is 0 Å². The summed E-state index contributed by atoms with van der Waals surface area (Å²) in [7, 11) is 3.52. The molecule has 1 aliphatic rings. The number of aromatic nitrogens is 4. The molecule has 3 rings (SSSR count). The number of carbonyl (C=O) groups excluding carboxylic acids is 1. The highest BCUT2D eigenvalue weighted by Crippen LogP contribution is 2.33. The summed E-state index contributed by atoms with van der Waals surface area (Å²) >= 11 is 0. The summed E-state index contributed by atoms with van der Waals surface area (Å²) in [5.74, 6) is -0.00728.